The van der Waals surface area contributed by atoms with Crippen LogP contribution in [0.5, 0.6) is 5.75 Å². The summed E-state index contributed by atoms with van der Waals surface area (Å²) < 4.78 is 13.5. The number of hydrogen-bond donors (Lipinski definition) is 0. The molecular weight excluding hydrogens is 350 g/mol. The predicted octanol–water partition coefficient (Wildman–Crippen LogP) is 4.00. The van der Waals surface area contributed by atoms with Gasteiger partial charge in [-0.2, -0.15) is 5.10 Å². The van der Waals surface area contributed by atoms with E-state index in [0.29, 0.717) is 6.61 Å². The zero-order valence-corrected chi connectivity index (χ0v) is 15.3. The molecule has 0 N–H and O–H groups in total. The Balaban J connectivity index is 1.65. The molecule has 0 bridgehead atoms. The SMILES string of the molecule is COc1ccc(CC2(CCn3cncn3)OCc3cc(Cl)ccc32)cc1. The molecule has 0 aliphatic carbocycles. The van der Waals surface area contributed by atoms with Gasteiger partial charge >= 0.3 is 0 Å². The second-order valence-corrected chi connectivity index (χ2v) is 6.95. The van der Waals surface area contributed by atoms with Crippen LogP contribution in [-0.4, -0.2) is 21.9 Å². The fraction of sp³-hybridized carbons (Fsp3) is 0.300. The summed E-state index contributed by atoms with van der Waals surface area (Å²) >= 11 is 6.18. The second kappa shape index (κ2) is 7.09. The van der Waals surface area contributed by atoms with Crippen LogP contribution in [0.15, 0.2) is 55.1 Å². The molecule has 0 radical (unpaired) electrons. The monoisotopic (exact) mass is 369 g/mol. The first-order valence-electron chi connectivity index (χ1n) is 8.57. The number of aryl methyl sites for hydroxylation is 1. The van der Waals surface area contributed by atoms with Crippen LogP contribution in [0.4, 0.5) is 0 Å². The van der Waals surface area contributed by atoms with Crippen molar-refractivity contribution in [1.82, 2.24) is 14.8 Å². The van der Waals surface area contributed by atoms with Gasteiger partial charge in [0.1, 0.15) is 18.4 Å². The number of fused-ring (bicyclic) bond motifs is 1. The number of ether oxygens (including phenoxy) is 2. The largest absolute Gasteiger partial charge is 0.497 e. The zero-order valence-electron chi connectivity index (χ0n) is 14.6. The minimum absolute atomic E-state index is 0.402. The van der Waals surface area contributed by atoms with Gasteiger partial charge in [-0.1, -0.05) is 29.8 Å². The van der Waals surface area contributed by atoms with Gasteiger partial charge in [-0.25, -0.2) is 4.98 Å². The molecule has 1 aliphatic rings. The van der Waals surface area contributed by atoms with Crippen LogP contribution in [-0.2, 0) is 29.9 Å². The maximum absolute atomic E-state index is 6.37. The lowest BCUT2D eigenvalue weighted by Crippen LogP contribution is -2.30. The first-order valence-corrected chi connectivity index (χ1v) is 8.94. The van der Waals surface area contributed by atoms with Gasteiger partial charge in [0, 0.05) is 24.4 Å². The van der Waals surface area contributed by atoms with Gasteiger partial charge in [0.2, 0.25) is 0 Å². The summed E-state index contributed by atoms with van der Waals surface area (Å²) in [6.45, 7) is 1.31. The van der Waals surface area contributed by atoms with E-state index in [9.17, 15) is 0 Å². The lowest BCUT2D eigenvalue weighted by molar-refractivity contribution is -0.0476. The normalized spacial score (nSPS) is 18.7. The highest BCUT2D eigenvalue weighted by Crippen LogP contribution is 2.43. The lowest BCUT2D eigenvalue weighted by Gasteiger charge is -2.30. The maximum Gasteiger partial charge on any atom is 0.137 e. The minimum atomic E-state index is -0.402. The van der Waals surface area contributed by atoms with E-state index in [4.69, 9.17) is 21.1 Å². The molecule has 0 amide bonds. The molecule has 0 saturated carbocycles. The molecule has 6 heteroatoms. The van der Waals surface area contributed by atoms with Crippen molar-refractivity contribution in [2.75, 3.05) is 7.11 Å². The fourth-order valence-electron chi connectivity index (χ4n) is 3.58. The fourth-order valence-corrected chi connectivity index (χ4v) is 3.77. The highest BCUT2D eigenvalue weighted by Gasteiger charge is 2.40. The number of halogens is 1. The van der Waals surface area contributed by atoms with E-state index in [0.717, 1.165) is 35.7 Å². The summed E-state index contributed by atoms with van der Waals surface area (Å²) in [5, 5.41) is 4.96. The lowest BCUT2D eigenvalue weighted by atomic mass is 9.84. The van der Waals surface area contributed by atoms with E-state index in [2.05, 4.69) is 28.3 Å². The van der Waals surface area contributed by atoms with E-state index < -0.39 is 5.60 Å². The first kappa shape index (κ1) is 17.1. The first-order chi connectivity index (χ1) is 12.7. The van der Waals surface area contributed by atoms with Gasteiger partial charge in [-0.3, -0.25) is 4.68 Å². The molecule has 0 fully saturated rings. The average molecular weight is 370 g/mol. The van der Waals surface area contributed by atoms with Crippen molar-refractivity contribution in [1.29, 1.82) is 0 Å². The minimum Gasteiger partial charge on any atom is -0.497 e. The molecule has 1 atom stereocenters. The van der Waals surface area contributed by atoms with Crippen LogP contribution in [0.2, 0.25) is 5.02 Å². The number of aromatic nitrogens is 3. The Hall–Kier alpha value is -2.37. The predicted molar refractivity (Wildman–Crippen MR) is 99.3 cm³/mol. The van der Waals surface area contributed by atoms with Crippen LogP contribution < -0.4 is 4.74 Å². The van der Waals surface area contributed by atoms with E-state index >= 15 is 0 Å². The summed E-state index contributed by atoms with van der Waals surface area (Å²) in [6.07, 6.45) is 4.87. The Bertz CT molecular complexity index is 881. The van der Waals surface area contributed by atoms with Crippen LogP contribution >= 0.6 is 11.6 Å². The third kappa shape index (κ3) is 3.32. The van der Waals surface area contributed by atoms with Crippen LogP contribution in [0.25, 0.3) is 0 Å². The Morgan fingerprint density at radius 3 is 2.81 bits per heavy atom. The molecule has 2 aromatic carbocycles. The van der Waals surface area contributed by atoms with Gasteiger partial charge in [0.15, 0.2) is 0 Å². The summed E-state index contributed by atoms with van der Waals surface area (Å²) in [6, 6.07) is 14.2. The molecular formula is C20H20ClN3O2. The van der Waals surface area contributed by atoms with Crippen LogP contribution in [0, 0.1) is 0 Å². The van der Waals surface area contributed by atoms with E-state index in [1.54, 1.807) is 19.8 Å². The number of nitrogens with zero attached hydrogens (tertiary/aromatic N) is 3. The molecule has 1 aliphatic heterocycles. The molecule has 2 heterocycles. The van der Waals surface area contributed by atoms with E-state index in [-0.39, 0.29) is 0 Å². The number of benzene rings is 2. The molecule has 3 aromatic rings. The van der Waals surface area contributed by atoms with Gasteiger partial charge < -0.3 is 9.47 Å². The molecule has 0 saturated heterocycles. The number of hydrogen-bond acceptors (Lipinski definition) is 4. The summed E-state index contributed by atoms with van der Waals surface area (Å²) in [7, 11) is 1.68. The second-order valence-electron chi connectivity index (χ2n) is 6.52. The van der Waals surface area contributed by atoms with Crippen molar-refractivity contribution in [3.05, 3.63) is 76.8 Å². The van der Waals surface area contributed by atoms with E-state index in [1.807, 2.05) is 28.9 Å². The van der Waals surface area contributed by atoms with Crippen molar-refractivity contribution in [2.24, 2.45) is 0 Å². The van der Waals surface area contributed by atoms with Gasteiger partial charge in [-0.05, 0) is 41.0 Å². The summed E-state index contributed by atoms with van der Waals surface area (Å²) in [5.74, 6) is 0.852. The van der Waals surface area contributed by atoms with Gasteiger partial charge in [-0.15, -0.1) is 0 Å². The summed E-state index contributed by atoms with van der Waals surface area (Å²) in [5.41, 5.74) is 3.16. The van der Waals surface area contributed by atoms with Crippen LogP contribution in [0.1, 0.15) is 23.1 Å². The quantitative estimate of drug-likeness (QED) is 0.659. The van der Waals surface area contributed by atoms with Gasteiger partial charge in [0.05, 0.1) is 19.3 Å². The Kier molecular flexibility index (Phi) is 4.66. The molecule has 4 rings (SSSR count). The summed E-state index contributed by atoms with van der Waals surface area (Å²) in [4.78, 5) is 4.03. The Labute approximate surface area is 157 Å². The standard InChI is InChI=1S/C20H20ClN3O2/c1-25-18-5-2-15(3-6-18)11-20(8-9-24-14-22-13-23-24)19-7-4-17(21)10-16(19)12-26-20/h2-7,10,13-14H,8-9,11-12H2,1H3. The molecule has 1 aromatic heterocycles. The third-order valence-corrected chi connectivity index (χ3v) is 5.16. The number of rotatable bonds is 6. The molecule has 0 spiro atoms. The third-order valence-electron chi connectivity index (χ3n) is 4.92. The van der Waals surface area contributed by atoms with Crippen molar-refractivity contribution in [2.45, 2.75) is 31.6 Å². The van der Waals surface area contributed by atoms with Crippen molar-refractivity contribution >= 4 is 11.6 Å². The van der Waals surface area contributed by atoms with Crippen LogP contribution in [0.3, 0.4) is 0 Å². The molecule has 1 unspecified atom stereocenters. The van der Waals surface area contributed by atoms with Crippen molar-refractivity contribution < 1.29 is 9.47 Å². The van der Waals surface area contributed by atoms with Crippen molar-refractivity contribution in [3.63, 3.8) is 0 Å². The molecule has 26 heavy (non-hydrogen) atoms. The smallest absolute Gasteiger partial charge is 0.137 e. The highest BCUT2D eigenvalue weighted by molar-refractivity contribution is 6.30. The molecule has 134 valence electrons. The van der Waals surface area contributed by atoms with Gasteiger partial charge in [0.25, 0.3) is 0 Å². The number of methoxy groups -OCH3 is 1. The van der Waals surface area contributed by atoms with E-state index in [1.165, 1.54) is 11.1 Å². The Morgan fingerprint density at radius 1 is 1.23 bits per heavy atom. The highest BCUT2D eigenvalue weighted by atomic mass is 35.5. The maximum atomic E-state index is 6.37. The molecule has 5 nitrogen and oxygen atoms in total. The topological polar surface area (TPSA) is 49.2 Å². The Morgan fingerprint density at radius 2 is 2.08 bits per heavy atom. The zero-order chi connectivity index (χ0) is 18.0. The van der Waals surface area contributed by atoms with Crippen molar-refractivity contribution in [3.8, 4) is 5.75 Å². The average Bonchev–Trinajstić information content (AvgIpc) is 3.29.